The van der Waals surface area contributed by atoms with E-state index in [0.717, 1.165) is 30.8 Å². The van der Waals surface area contributed by atoms with Gasteiger partial charge in [0.2, 0.25) is 0 Å². The van der Waals surface area contributed by atoms with Gasteiger partial charge in [-0.15, -0.1) is 15.3 Å². The minimum absolute atomic E-state index is 0.115. The molecule has 0 radical (unpaired) electrons. The fraction of sp³-hybridized carbons (Fsp3) is 0.286. The molecule has 0 spiro atoms. The molecule has 31 heavy (non-hydrogen) atoms. The van der Waals surface area contributed by atoms with E-state index in [2.05, 4.69) is 20.5 Å². The number of fused-ring (bicyclic) bond motifs is 1. The standard InChI is InChI=1S/C21H19ClN6O2S/c22-15-9-7-14(8-10-15)19-24-25-21(27(19)12-16-4-3-11-30-16)31-13-28-20(29)17-5-1-2-6-18(17)23-26-28/h1-2,5-10,16H,3-4,11-13H2/t16-/m0/s1. The number of hydrogen-bond donors (Lipinski definition) is 0. The summed E-state index contributed by atoms with van der Waals surface area (Å²) in [7, 11) is 0. The molecule has 3 heterocycles. The Hall–Kier alpha value is -2.75. The number of hydrogen-bond acceptors (Lipinski definition) is 7. The van der Waals surface area contributed by atoms with Crippen molar-refractivity contribution in [2.45, 2.75) is 36.5 Å². The Morgan fingerprint density at radius 2 is 1.94 bits per heavy atom. The number of thioether (sulfide) groups is 1. The Bertz CT molecular complexity index is 1270. The van der Waals surface area contributed by atoms with Gasteiger partial charge in [-0.3, -0.25) is 9.36 Å². The average Bonchev–Trinajstić information content (AvgIpc) is 3.45. The molecule has 1 fully saturated rings. The van der Waals surface area contributed by atoms with Gasteiger partial charge >= 0.3 is 0 Å². The van der Waals surface area contributed by atoms with Crippen molar-refractivity contribution >= 4 is 34.3 Å². The van der Waals surface area contributed by atoms with Crippen LogP contribution in [-0.4, -0.2) is 42.5 Å². The van der Waals surface area contributed by atoms with E-state index in [1.165, 1.54) is 16.4 Å². The first-order chi connectivity index (χ1) is 15.2. The van der Waals surface area contributed by atoms with Gasteiger partial charge in [0.05, 0.1) is 23.9 Å². The molecule has 1 saturated heterocycles. The first kappa shape index (κ1) is 20.2. The van der Waals surface area contributed by atoms with E-state index in [4.69, 9.17) is 16.3 Å². The second kappa shape index (κ2) is 8.78. The molecule has 158 valence electrons. The molecule has 1 aliphatic heterocycles. The third-order valence-electron chi connectivity index (χ3n) is 5.17. The number of aromatic nitrogens is 6. The van der Waals surface area contributed by atoms with Crippen molar-refractivity contribution in [1.29, 1.82) is 0 Å². The highest BCUT2D eigenvalue weighted by atomic mass is 35.5. The average molecular weight is 455 g/mol. The molecule has 4 aromatic rings. The Morgan fingerprint density at radius 1 is 1.10 bits per heavy atom. The van der Waals surface area contributed by atoms with E-state index in [1.54, 1.807) is 12.1 Å². The maximum absolute atomic E-state index is 12.7. The first-order valence-electron chi connectivity index (χ1n) is 9.95. The summed E-state index contributed by atoms with van der Waals surface area (Å²) in [4.78, 5) is 12.7. The van der Waals surface area contributed by atoms with Crippen molar-refractivity contribution in [2.75, 3.05) is 6.61 Å². The molecule has 0 saturated carbocycles. The van der Waals surface area contributed by atoms with Crippen LogP contribution in [0.1, 0.15) is 12.8 Å². The topological polar surface area (TPSA) is 87.7 Å². The van der Waals surface area contributed by atoms with Crippen LogP contribution >= 0.6 is 23.4 Å². The fourth-order valence-corrected chi connectivity index (χ4v) is 4.54. The highest BCUT2D eigenvalue weighted by molar-refractivity contribution is 7.98. The van der Waals surface area contributed by atoms with Crippen LogP contribution in [0.4, 0.5) is 0 Å². The molecular weight excluding hydrogens is 436 g/mol. The molecule has 2 aromatic heterocycles. The molecule has 2 aromatic carbocycles. The number of ether oxygens (including phenoxy) is 1. The van der Waals surface area contributed by atoms with Gasteiger partial charge in [0.1, 0.15) is 5.52 Å². The van der Waals surface area contributed by atoms with Crippen molar-refractivity contribution in [3.8, 4) is 11.4 Å². The SMILES string of the molecule is O=c1c2ccccc2nnn1CSc1nnc(-c2ccc(Cl)cc2)n1C[C@@H]1CCCO1. The maximum atomic E-state index is 12.7. The third-order valence-corrected chi connectivity index (χ3v) is 6.36. The van der Waals surface area contributed by atoms with Gasteiger partial charge < -0.3 is 4.74 Å². The summed E-state index contributed by atoms with van der Waals surface area (Å²) in [6.07, 6.45) is 2.16. The monoisotopic (exact) mass is 454 g/mol. The Morgan fingerprint density at radius 3 is 2.74 bits per heavy atom. The van der Waals surface area contributed by atoms with Gasteiger partial charge in [-0.2, -0.15) is 4.68 Å². The van der Waals surface area contributed by atoms with Gasteiger partial charge in [-0.1, -0.05) is 40.7 Å². The molecule has 10 heteroatoms. The predicted molar refractivity (Wildman–Crippen MR) is 119 cm³/mol. The van der Waals surface area contributed by atoms with E-state index >= 15 is 0 Å². The second-order valence-corrected chi connectivity index (χ2v) is 8.59. The van der Waals surface area contributed by atoms with Crippen molar-refractivity contribution in [2.24, 2.45) is 0 Å². The van der Waals surface area contributed by atoms with E-state index < -0.39 is 0 Å². The van der Waals surface area contributed by atoms with Crippen LogP contribution < -0.4 is 5.56 Å². The van der Waals surface area contributed by atoms with Crippen LogP contribution in [0.15, 0.2) is 58.5 Å². The summed E-state index contributed by atoms with van der Waals surface area (Å²) in [5.74, 6) is 1.02. The molecule has 0 bridgehead atoms. The lowest BCUT2D eigenvalue weighted by atomic mass is 10.2. The highest BCUT2D eigenvalue weighted by Crippen LogP contribution is 2.27. The molecule has 0 unspecified atom stereocenters. The number of benzene rings is 2. The van der Waals surface area contributed by atoms with E-state index in [0.29, 0.717) is 27.6 Å². The summed E-state index contributed by atoms with van der Waals surface area (Å²) in [6, 6.07) is 14.7. The van der Waals surface area contributed by atoms with Crippen LogP contribution in [-0.2, 0) is 17.2 Å². The lowest BCUT2D eigenvalue weighted by Gasteiger charge is -2.15. The first-order valence-corrected chi connectivity index (χ1v) is 11.3. The summed E-state index contributed by atoms with van der Waals surface area (Å²) in [5.41, 5.74) is 1.32. The third kappa shape index (κ3) is 4.21. The summed E-state index contributed by atoms with van der Waals surface area (Å²) >= 11 is 7.44. The second-order valence-electron chi connectivity index (χ2n) is 7.24. The van der Waals surface area contributed by atoms with Crippen molar-refractivity contribution in [3.63, 3.8) is 0 Å². The fourth-order valence-electron chi connectivity index (χ4n) is 3.59. The van der Waals surface area contributed by atoms with E-state index in [9.17, 15) is 4.79 Å². The molecule has 5 rings (SSSR count). The smallest absolute Gasteiger partial charge is 0.278 e. The predicted octanol–water partition coefficient (Wildman–Crippen LogP) is 3.63. The van der Waals surface area contributed by atoms with Gasteiger partial charge in [0.15, 0.2) is 11.0 Å². The molecule has 1 atom stereocenters. The number of rotatable bonds is 6. The normalized spacial score (nSPS) is 16.2. The largest absolute Gasteiger partial charge is 0.376 e. The van der Waals surface area contributed by atoms with Gasteiger partial charge in [-0.25, -0.2) is 0 Å². The minimum Gasteiger partial charge on any atom is -0.376 e. The quantitative estimate of drug-likeness (QED) is 0.411. The van der Waals surface area contributed by atoms with Crippen molar-refractivity contribution in [3.05, 3.63) is 63.9 Å². The van der Waals surface area contributed by atoms with E-state index in [-0.39, 0.29) is 17.5 Å². The van der Waals surface area contributed by atoms with Gasteiger partial charge in [0, 0.05) is 17.2 Å². The summed E-state index contributed by atoms with van der Waals surface area (Å²) in [6.45, 7) is 1.42. The van der Waals surface area contributed by atoms with Gasteiger partial charge in [-0.05, 0) is 49.2 Å². The van der Waals surface area contributed by atoms with Crippen LogP contribution in [0, 0.1) is 0 Å². The lowest BCUT2D eigenvalue weighted by molar-refractivity contribution is 0.0953. The van der Waals surface area contributed by atoms with Crippen LogP contribution in [0.3, 0.4) is 0 Å². The summed E-state index contributed by atoms with van der Waals surface area (Å²) < 4.78 is 9.23. The molecule has 0 amide bonds. The maximum Gasteiger partial charge on any atom is 0.278 e. The molecule has 8 nitrogen and oxygen atoms in total. The van der Waals surface area contributed by atoms with Crippen LogP contribution in [0.25, 0.3) is 22.3 Å². The van der Waals surface area contributed by atoms with Gasteiger partial charge in [0.25, 0.3) is 5.56 Å². The Balaban J connectivity index is 1.45. The zero-order chi connectivity index (χ0) is 21.2. The molecule has 1 aliphatic rings. The Labute approximate surface area is 187 Å². The zero-order valence-corrected chi connectivity index (χ0v) is 18.1. The minimum atomic E-state index is -0.179. The highest BCUT2D eigenvalue weighted by Gasteiger charge is 2.22. The zero-order valence-electron chi connectivity index (χ0n) is 16.5. The molecule has 0 aliphatic carbocycles. The Kier molecular flexibility index (Phi) is 5.71. The number of nitrogens with zero attached hydrogens (tertiary/aromatic N) is 6. The van der Waals surface area contributed by atoms with Crippen LogP contribution in [0.5, 0.6) is 0 Å². The molecular formula is C21H19ClN6O2S. The number of halogens is 1. The van der Waals surface area contributed by atoms with Crippen LogP contribution in [0.2, 0.25) is 5.02 Å². The molecule has 0 N–H and O–H groups in total. The summed E-state index contributed by atoms with van der Waals surface area (Å²) in [5, 5.41) is 18.9. The van der Waals surface area contributed by atoms with Crippen molar-refractivity contribution < 1.29 is 4.74 Å². The van der Waals surface area contributed by atoms with Crippen molar-refractivity contribution in [1.82, 2.24) is 29.8 Å². The van der Waals surface area contributed by atoms with E-state index in [1.807, 2.05) is 41.0 Å². The lowest BCUT2D eigenvalue weighted by Crippen LogP contribution is -2.23.